The van der Waals surface area contributed by atoms with E-state index in [4.69, 9.17) is 9.15 Å². The van der Waals surface area contributed by atoms with Crippen LogP contribution in [0.25, 0.3) is 11.0 Å². The van der Waals surface area contributed by atoms with Crippen LogP contribution in [0.3, 0.4) is 0 Å². The average Bonchev–Trinajstić information content (AvgIpc) is 3.73. The molecule has 3 aromatic carbocycles. The number of benzene rings is 3. The predicted octanol–water partition coefficient (Wildman–Crippen LogP) is 6.42. The zero-order valence-electron chi connectivity index (χ0n) is 22.1. The number of hydrogen-bond acceptors (Lipinski definition) is 11. The third-order valence-electron chi connectivity index (χ3n) is 6.71. The monoisotopic (exact) mass is 618 g/mol. The van der Waals surface area contributed by atoms with E-state index in [0.717, 1.165) is 16.2 Å². The van der Waals surface area contributed by atoms with Gasteiger partial charge in [0.15, 0.2) is 27.2 Å². The maximum atomic E-state index is 14.1. The van der Waals surface area contributed by atoms with E-state index in [2.05, 4.69) is 10.2 Å². The lowest BCUT2D eigenvalue weighted by Crippen LogP contribution is -2.31. The van der Waals surface area contributed by atoms with Gasteiger partial charge in [-0.3, -0.25) is 24.6 Å². The summed E-state index contributed by atoms with van der Waals surface area (Å²) in [7, 11) is 1.45. The minimum Gasteiger partial charge on any atom is -0.503 e. The number of thioether (sulfide) groups is 1. The number of para-hydroxylation sites is 1. The number of nitrogens with zero attached hydrogens (tertiary/aromatic N) is 4. The standard InChI is InChI=1S/C29H19FN4O7S2/c1-40-20-11-5-8-16-13-21(41-26(16)20)24(35)22-23(15-7-4-9-18(12-15)34(38)39)33(27(37)25(22)36)28-31-32-29(43-28)42-14-17-6-2-3-10-19(17)30/h2-13,23,36H,14H2,1H3. The highest BCUT2D eigenvalue weighted by Gasteiger charge is 2.47. The summed E-state index contributed by atoms with van der Waals surface area (Å²) in [4.78, 5) is 39.5. The van der Waals surface area contributed by atoms with Crippen LogP contribution in [0.15, 0.2) is 92.9 Å². The molecule has 216 valence electrons. The maximum absolute atomic E-state index is 14.1. The van der Waals surface area contributed by atoms with Crippen LogP contribution in [0.1, 0.15) is 27.7 Å². The van der Waals surface area contributed by atoms with Crippen molar-refractivity contribution in [3.63, 3.8) is 0 Å². The van der Waals surface area contributed by atoms with E-state index in [-0.39, 0.29) is 39.3 Å². The second-order valence-electron chi connectivity index (χ2n) is 9.24. The number of ketones is 1. The molecule has 0 fully saturated rings. The van der Waals surface area contributed by atoms with Crippen LogP contribution in [0.2, 0.25) is 0 Å². The van der Waals surface area contributed by atoms with Gasteiger partial charge >= 0.3 is 0 Å². The van der Waals surface area contributed by atoms with Gasteiger partial charge < -0.3 is 14.3 Å². The number of hydrogen-bond donors (Lipinski definition) is 1. The van der Waals surface area contributed by atoms with Crippen LogP contribution in [0, 0.1) is 15.9 Å². The molecule has 2 aromatic heterocycles. The Labute approximate surface area is 250 Å². The third kappa shape index (κ3) is 5.10. The largest absolute Gasteiger partial charge is 0.503 e. The van der Waals surface area contributed by atoms with E-state index in [9.17, 15) is 29.2 Å². The van der Waals surface area contributed by atoms with Crippen molar-refractivity contribution < 1.29 is 33.2 Å². The van der Waals surface area contributed by atoms with Gasteiger partial charge in [0.2, 0.25) is 10.9 Å². The Morgan fingerprint density at radius 3 is 2.72 bits per heavy atom. The van der Waals surface area contributed by atoms with Crippen LogP contribution in [-0.4, -0.2) is 39.0 Å². The first kappa shape index (κ1) is 28.1. The molecule has 43 heavy (non-hydrogen) atoms. The third-order valence-corrected chi connectivity index (χ3v) is 8.82. The fourth-order valence-corrected chi connectivity index (χ4v) is 6.57. The smallest absolute Gasteiger partial charge is 0.296 e. The number of methoxy groups -OCH3 is 1. The quantitative estimate of drug-likeness (QED) is 0.0645. The number of rotatable bonds is 9. The normalized spacial score (nSPS) is 15.0. The first-order valence-electron chi connectivity index (χ1n) is 12.6. The summed E-state index contributed by atoms with van der Waals surface area (Å²) in [6.45, 7) is 0. The van der Waals surface area contributed by atoms with Gasteiger partial charge in [-0.15, -0.1) is 10.2 Å². The number of carbonyl (C=O) groups is 2. The van der Waals surface area contributed by atoms with Crippen molar-refractivity contribution >= 4 is 56.6 Å². The number of aliphatic hydroxyl groups excluding tert-OH is 1. The number of halogens is 1. The molecule has 0 saturated carbocycles. The molecule has 0 aliphatic carbocycles. The Bertz CT molecular complexity index is 1950. The van der Waals surface area contributed by atoms with E-state index < -0.39 is 28.4 Å². The summed E-state index contributed by atoms with van der Waals surface area (Å²) < 4.78 is 25.6. The fourth-order valence-electron chi connectivity index (χ4n) is 4.71. The number of non-ortho nitro benzene ring substituents is 1. The maximum Gasteiger partial charge on any atom is 0.296 e. The Balaban J connectivity index is 1.40. The molecule has 0 spiro atoms. The molecule has 0 saturated heterocycles. The van der Waals surface area contributed by atoms with Gasteiger partial charge in [0.25, 0.3) is 11.6 Å². The number of Topliss-reactive ketones (excluding diaryl/α,β-unsaturated/α-hetero) is 1. The molecule has 0 bridgehead atoms. The van der Waals surface area contributed by atoms with Crippen molar-refractivity contribution in [1.82, 2.24) is 10.2 Å². The van der Waals surface area contributed by atoms with Gasteiger partial charge in [0.05, 0.1) is 23.6 Å². The topological polar surface area (TPSA) is 149 Å². The summed E-state index contributed by atoms with van der Waals surface area (Å²) in [5, 5.41) is 31.4. The Kier molecular flexibility index (Phi) is 7.38. The summed E-state index contributed by atoms with van der Waals surface area (Å²) in [6, 6.07) is 16.9. The van der Waals surface area contributed by atoms with Crippen molar-refractivity contribution in [3.8, 4) is 5.75 Å². The molecule has 1 atom stereocenters. The summed E-state index contributed by atoms with van der Waals surface area (Å²) in [6.07, 6.45) is 0. The number of nitro groups is 1. The number of carbonyl (C=O) groups excluding carboxylic acids is 2. The highest BCUT2D eigenvalue weighted by molar-refractivity contribution is 8.00. The number of aromatic nitrogens is 2. The minimum atomic E-state index is -1.30. The number of ether oxygens (including phenoxy) is 1. The van der Waals surface area contributed by atoms with Gasteiger partial charge in [-0.1, -0.05) is 65.6 Å². The van der Waals surface area contributed by atoms with Crippen molar-refractivity contribution in [2.75, 3.05) is 12.0 Å². The summed E-state index contributed by atoms with van der Waals surface area (Å²) >= 11 is 2.18. The molecule has 5 aromatic rings. The fraction of sp³-hybridized carbons (Fsp3) is 0.103. The second kappa shape index (κ2) is 11.3. The van der Waals surface area contributed by atoms with E-state index >= 15 is 0 Å². The molecule has 1 aliphatic rings. The lowest BCUT2D eigenvalue weighted by Gasteiger charge is -2.23. The van der Waals surface area contributed by atoms with E-state index in [1.54, 1.807) is 36.4 Å². The van der Waals surface area contributed by atoms with Gasteiger partial charge in [0, 0.05) is 23.3 Å². The Hall–Kier alpha value is -5.08. The van der Waals surface area contributed by atoms with E-state index in [0.29, 0.717) is 26.6 Å². The second-order valence-corrected chi connectivity index (χ2v) is 11.4. The van der Waals surface area contributed by atoms with Gasteiger partial charge in [-0.05, 0) is 29.3 Å². The molecule has 3 heterocycles. The number of amides is 1. The number of aliphatic hydroxyl groups is 1. The molecular formula is C29H19FN4O7S2. The molecule has 1 aliphatic heterocycles. The van der Waals surface area contributed by atoms with Crippen LogP contribution in [0.4, 0.5) is 15.2 Å². The molecule has 0 radical (unpaired) electrons. The van der Waals surface area contributed by atoms with Gasteiger partial charge in [-0.2, -0.15) is 0 Å². The van der Waals surface area contributed by atoms with Gasteiger partial charge in [0.1, 0.15) is 5.82 Å². The number of furan rings is 1. The van der Waals surface area contributed by atoms with Crippen LogP contribution in [0.5, 0.6) is 5.75 Å². The Morgan fingerprint density at radius 2 is 1.95 bits per heavy atom. The van der Waals surface area contributed by atoms with Crippen molar-refractivity contribution in [2.45, 2.75) is 16.1 Å². The lowest BCUT2D eigenvalue weighted by atomic mass is 9.95. The molecule has 1 unspecified atom stereocenters. The SMILES string of the molecule is COc1cccc2cc(C(=O)C3=C(O)C(=O)N(c4nnc(SCc5ccccc5F)s4)C3c3cccc([N+](=O)[O-])c3)oc12. The van der Waals surface area contributed by atoms with Crippen molar-refractivity contribution in [3.05, 3.63) is 117 Å². The van der Waals surface area contributed by atoms with E-state index in [1.165, 1.54) is 55.3 Å². The first-order chi connectivity index (χ1) is 20.8. The molecular weight excluding hydrogens is 599 g/mol. The zero-order chi connectivity index (χ0) is 30.2. The van der Waals surface area contributed by atoms with Crippen LogP contribution < -0.4 is 9.64 Å². The van der Waals surface area contributed by atoms with Crippen LogP contribution >= 0.6 is 23.1 Å². The summed E-state index contributed by atoms with van der Waals surface area (Å²) in [5.41, 5.74) is 0.293. The number of anilines is 1. The Morgan fingerprint density at radius 1 is 1.16 bits per heavy atom. The highest BCUT2D eigenvalue weighted by atomic mass is 32.2. The predicted molar refractivity (Wildman–Crippen MR) is 156 cm³/mol. The molecule has 1 amide bonds. The minimum absolute atomic E-state index is 0.0261. The van der Waals surface area contributed by atoms with E-state index in [1.807, 2.05) is 0 Å². The van der Waals surface area contributed by atoms with Crippen molar-refractivity contribution in [1.29, 1.82) is 0 Å². The summed E-state index contributed by atoms with van der Waals surface area (Å²) in [5.74, 6) is -2.54. The zero-order valence-corrected chi connectivity index (χ0v) is 23.7. The van der Waals surface area contributed by atoms with Crippen molar-refractivity contribution in [2.24, 2.45) is 0 Å². The molecule has 1 N–H and O–H groups in total. The molecule has 11 nitrogen and oxygen atoms in total. The van der Waals surface area contributed by atoms with Gasteiger partial charge in [-0.25, -0.2) is 4.39 Å². The average molecular weight is 619 g/mol. The molecule has 14 heteroatoms. The van der Waals surface area contributed by atoms with Crippen LogP contribution in [-0.2, 0) is 10.5 Å². The first-order valence-corrected chi connectivity index (χ1v) is 14.4. The number of fused-ring (bicyclic) bond motifs is 1. The highest BCUT2D eigenvalue weighted by Crippen LogP contribution is 2.45. The lowest BCUT2D eigenvalue weighted by molar-refractivity contribution is -0.384. The molecule has 6 rings (SSSR count). The number of nitro benzene ring substituents is 1.